The number of rotatable bonds is 16. The average molecular weight is 867 g/mol. The minimum absolute atomic E-state index is 0.628. The number of H-pyrrole nitrogens is 2. The smallest absolute Gasteiger partial charge is 0.164 e. The summed E-state index contributed by atoms with van der Waals surface area (Å²) in [6, 6.07) is 26.4. The lowest BCUT2D eigenvalue weighted by Crippen LogP contribution is -1.85. The van der Waals surface area contributed by atoms with Crippen molar-refractivity contribution in [3.63, 3.8) is 0 Å². The fraction of sp³-hybridized carbons (Fsp3) is 0.333. The summed E-state index contributed by atoms with van der Waals surface area (Å²) in [6.45, 7) is 8.95. The standard InChI is InChI=1S/C48H50N8S4/c1-5-9-21-57-29-13-17-33-37(25-29)45-49-41(33)54-46-39-27-31(59-23-11-7-3)15-19-35(39)43(51-46)56-48-40-28-32(60-24-12-8-4)16-20-36(40)44(52-48)55-47-38-26-30(58-22-10-6-2)14-18-34(38)42(50-47)53-45/h13-20,25-28H,5-12,21-24H2,1-4H3,(H2,49,50,51,52,53,54,55,56). The van der Waals surface area contributed by atoms with Gasteiger partial charge in [-0.05, 0) is 121 Å². The summed E-state index contributed by atoms with van der Waals surface area (Å²) < 4.78 is 0. The van der Waals surface area contributed by atoms with Gasteiger partial charge in [-0.3, -0.25) is 0 Å². The molecule has 0 radical (unpaired) electrons. The van der Waals surface area contributed by atoms with E-state index in [1.54, 1.807) is 0 Å². The highest BCUT2D eigenvalue weighted by Gasteiger charge is 2.23. The molecule has 0 spiro atoms. The molecule has 8 bridgehead atoms. The summed E-state index contributed by atoms with van der Waals surface area (Å²) in [7, 11) is 0. The number of thioether (sulfide) groups is 4. The van der Waals surface area contributed by atoms with E-state index in [-0.39, 0.29) is 0 Å². The van der Waals surface area contributed by atoms with Gasteiger partial charge in [-0.2, -0.15) is 0 Å². The second-order valence-corrected chi connectivity index (χ2v) is 19.9. The SMILES string of the molecule is CCCCSc1ccc2c(c1)-c1nc-2nc2[nH]c(nc3nc(nc4[nH]c(n1)c1ccc(SCCCC)cc41)-c1ccc(SCCCC)cc1-3)c1ccc(SCCCC)cc21. The van der Waals surface area contributed by atoms with Crippen molar-refractivity contribution in [2.75, 3.05) is 23.0 Å². The van der Waals surface area contributed by atoms with Crippen LogP contribution in [-0.2, 0) is 0 Å². The number of unbranched alkanes of at least 4 members (excludes halogenated alkanes) is 4. The van der Waals surface area contributed by atoms with Crippen molar-refractivity contribution in [2.45, 2.75) is 98.6 Å². The van der Waals surface area contributed by atoms with E-state index in [2.05, 4.69) is 110 Å². The number of hydrogen-bond acceptors (Lipinski definition) is 10. The van der Waals surface area contributed by atoms with Crippen LogP contribution in [0.3, 0.4) is 0 Å². The lowest BCUT2D eigenvalue weighted by atomic mass is 10.1. The van der Waals surface area contributed by atoms with Crippen LogP contribution < -0.4 is 0 Å². The van der Waals surface area contributed by atoms with Crippen LogP contribution in [0.5, 0.6) is 0 Å². The second kappa shape index (κ2) is 18.7. The van der Waals surface area contributed by atoms with Crippen LogP contribution in [0, 0.1) is 0 Å². The van der Waals surface area contributed by atoms with Crippen LogP contribution in [0.2, 0.25) is 0 Å². The maximum Gasteiger partial charge on any atom is 0.164 e. The molecule has 7 aromatic rings. The summed E-state index contributed by atoms with van der Waals surface area (Å²) >= 11 is 7.52. The van der Waals surface area contributed by atoms with E-state index >= 15 is 0 Å². The van der Waals surface area contributed by atoms with Gasteiger partial charge in [0, 0.05) is 63.4 Å². The maximum atomic E-state index is 5.34. The van der Waals surface area contributed by atoms with Crippen LogP contribution in [-0.4, -0.2) is 62.9 Å². The fourth-order valence-electron chi connectivity index (χ4n) is 7.41. The third-order valence-electron chi connectivity index (χ3n) is 10.8. The number of aromatic nitrogens is 8. The van der Waals surface area contributed by atoms with E-state index in [0.29, 0.717) is 34.6 Å². The summed E-state index contributed by atoms with van der Waals surface area (Å²) in [6.07, 6.45) is 9.32. The Balaban J connectivity index is 1.34. The maximum absolute atomic E-state index is 5.34. The van der Waals surface area contributed by atoms with Crippen LogP contribution in [0.4, 0.5) is 0 Å². The average Bonchev–Trinajstić information content (AvgIpc) is 3.99. The van der Waals surface area contributed by atoms with Crippen molar-refractivity contribution in [3.05, 3.63) is 72.8 Å². The highest BCUT2D eigenvalue weighted by Crippen LogP contribution is 2.40. The van der Waals surface area contributed by atoms with Crippen LogP contribution in [0.15, 0.2) is 92.4 Å². The van der Waals surface area contributed by atoms with Crippen molar-refractivity contribution < 1.29 is 0 Å². The molecule has 0 fully saturated rings. The van der Waals surface area contributed by atoms with E-state index in [1.807, 2.05) is 47.0 Å². The zero-order chi connectivity index (χ0) is 41.0. The lowest BCUT2D eigenvalue weighted by Gasteiger charge is -2.04. The molecule has 2 N–H and O–H groups in total. The van der Waals surface area contributed by atoms with Gasteiger partial charge >= 0.3 is 0 Å². The highest BCUT2D eigenvalue weighted by atomic mass is 32.2. The topological polar surface area (TPSA) is 109 Å². The Morgan fingerprint density at radius 2 is 0.667 bits per heavy atom. The zero-order valence-corrected chi connectivity index (χ0v) is 38.0. The zero-order valence-electron chi connectivity index (χ0n) is 34.7. The highest BCUT2D eigenvalue weighted by molar-refractivity contribution is 8.00. The van der Waals surface area contributed by atoms with E-state index in [1.165, 1.54) is 45.3 Å². The third kappa shape index (κ3) is 8.58. The number of nitrogens with zero attached hydrogens (tertiary/aromatic N) is 6. The molecule has 0 amide bonds. The number of benzene rings is 4. The molecular weight excluding hydrogens is 817 g/mol. The molecule has 3 aromatic heterocycles. The van der Waals surface area contributed by atoms with Gasteiger partial charge in [0.15, 0.2) is 23.3 Å². The molecule has 2 aliphatic heterocycles. The van der Waals surface area contributed by atoms with Gasteiger partial charge in [-0.15, -0.1) is 47.0 Å². The van der Waals surface area contributed by atoms with E-state index in [0.717, 1.165) is 104 Å². The van der Waals surface area contributed by atoms with Crippen LogP contribution >= 0.6 is 47.0 Å². The minimum Gasteiger partial charge on any atom is -0.324 e. The van der Waals surface area contributed by atoms with Crippen LogP contribution in [0.25, 0.3) is 89.7 Å². The van der Waals surface area contributed by atoms with Gasteiger partial charge in [0.25, 0.3) is 0 Å². The van der Waals surface area contributed by atoms with E-state index in [9.17, 15) is 0 Å². The van der Waals surface area contributed by atoms with Crippen molar-refractivity contribution in [3.8, 4) is 45.6 Å². The van der Waals surface area contributed by atoms with Crippen molar-refractivity contribution in [1.82, 2.24) is 39.9 Å². The Labute approximate surface area is 368 Å². The Morgan fingerprint density at radius 3 is 1.03 bits per heavy atom. The minimum atomic E-state index is 0.628. The molecule has 0 aliphatic carbocycles. The Morgan fingerprint density at radius 1 is 0.350 bits per heavy atom. The molecule has 2 aliphatic rings. The third-order valence-corrected chi connectivity index (χ3v) is 15.1. The summed E-state index contributed by atoms with van der Waals surface area (Å²) in [5.41, 5.74) is 6.75. The molecule has 5 heterocycles. The van der Waals surface area contributed by atoms with Gasteiger partial charge in [0.1, 0.15) is 22.6 Å². The van der Waals surface area contributed by atoms with Crippen molar-refractivity contribution in [2.24, 2.45) is 0 Å². The Hall–Kier alpha value is -4.36. The fourth-order valence-corrected chi connectivity index (χ4v) is 11.5. The lowest BCUT2D eigenvalue weighted by molar-refractivity contribution is 0.896. The summed E-state index contributed by atoms with van der Waals surface area (Å²) in [5.74, 6) is 6.78. The quantitative estimate of drug-likeness (QED) is 0.0720. The molecule has 60 heavy (non-hydrogen) atoms. The molecule has 12 heteroatoms. The second-order valence-electron chi connectivity index (χ2n) is 15.2. The van der Waals surface area contributed by atoms with Crippen molar-refractivity contribution >= 4 is 91.2 Å². The molecule has 0 atom stereocenters. The first-order valence-electron chi connectivity index (χ1n) is 21.4. The number of hydrogen-bond donors (Lipinski definition) is 2. The summed E-state index contributed by atoms with van der Waals surface area (Å²) in [5, 5.41) is 3.99. The molecule has 8 nitrogen and oxygen atoms in total. The predicted octanol–water partition coefficient (Wildman–Crippen LogP) is 14.4. The predicted molar refractivity (Wildman–Crippen MR) is 259 cm³/mol. The molecule has 0 saturated heterocycles. The van der Waals surface area contributed by atoms with E-state index in [4.69, 9.17) is 29.9 Å². The van der Waals surface area contributed by atoms with Gasteiger partial charge in [-0.1, -0.05) is 53.4 Å². The van der Waals surface area contributed by atoms with Gasteiger partial charge in [-0.25, -0.2) is 29.9 Å². The monoisotopic (exact) mass is 866 g/mol. The summed E-state index contributed by atoms with van der Waals surface area (Å²) in [4.78, 5) is 43.9. The molecule has 0 unspecified atom stereocenters. The molecule has 9 rings (SSSR count). The number of fused-ring (bicyclic) bond motifs is 20. The van der Waals surface area contributed by atoms with Crippen LogP contribution in [0.1, 0.15) is 79.1 Å². The largest absolute Gasteiger partial charge is 0.324 e. The normalized spacial score (nSPS) is 12.1. The van der Waals surface area contributed by atoms with Gasteiger partial charge < -0.3 is 9.97 Å². The first-order valence-corrected chi connectivity index (χ1v) is 25.4. The van der Waals surface area contributed by atoms with E-state index < -0.39 is 0 Å². The Bertz CT molecular complexity index is 2670. The number of aromatic amines is 2. The van der Waals surface area contributed by atoms with Gasteiger partial charge in [0.2, 0.25) is 0 Å². The van der Waals surface area contributed by atoms with Crippen molar-refractivity contribution in [1.29, 1.82) is 0 Å². The molecule has 306 valence electrons. The van der Waals surface area contributed by atoms with Gasteiger partial charge in [0.05, 0.1) is 0 Å². The molecule has 4 aromatic carbocycles. The first-order chi connectivity index (χ1) is 29.5. The Kier molecular flexibility index (Phi) is 12.8. The first kappa shape index (κ1) is 41.0. The number of nitrogens with one attached hydrogen (secondary N) is 2. The molecule has 0 saturated carbocycles. The molecular formula is C48H50N8S4.